The lowest BCUT2D eigenvalue weighted by atomic mass is 10.2. The summed E-state index contributed by atoms with van der Waals surface area (Å²) in [6, 6.07) is 16.4. The van der Waals surface area contributed by atoms with E-state index < -0.39 is 0 Å². The predicted molar refractivity (Wildman–Crippen MR) is 102 cm³/mol. The molecule has 0 radical (unpaired) electrons. The largest absolute Gasteiger partial charge is 0.496 e. The van der Waals surface area contributed by atoms with Gasteiger partial charge in [-0.15, -0.1) is 0 Å². The van der Waals surface area contributed by atoms with E-state index in [-0.39, 0.29) is 5.76 Å². The summed E-state index contributed by atoms with van der Waals surface area (Å²) < 4.78 is 12.5. The smallest absolute Gasteiger partial charge is 0.419 e. The molecule has 1 aliphatic carbocycles. The van der Waals surface area contributed by atoms with Crippen LogP contribution < -0.4 is 10.5 Å². The monoisotopic (exact) mass is 352 g/mol. The second-order valence-corrected chi connectivity index (χ2v) is 6.85. The van der Waals surface area contributed by atoms with Crippen LogP contribution in [0.25, 0.3) is 11.1 Å². The van der Waals surface area contributed by atoms with E-state index in [2.05, 4.69) is 17.0 Å². The molecule has 0 N–H and O–H groups in total. The summed E-state index contributed by atoms with van der Waals surface area (Å²) >= 11 is 0. The fourth-order valence-electron chi connectivity index (χ4n) is 3.54. The molecule has 0 amide bonds. The zero-order valence-corrected chi connectivity index (χ0v) is 15.1. The summed E-state index contributed by atoms with van der Waals surface area (Å²) in [5, 5.41) is 0. The third-order valence-electron chi connectivity index (χ3n) is 5.03. The van der Waals surface area contributed by atoms with Crippen molar-refractivity contribution in [2.24, 2.45) is 0 Å². The number of methoxy groups -OCH3 is 1. The Kier molecular flexibility index (Phi) is 4.80. The van der Waals surface area contributed by atoms with Gasteiger partial charge in [-0.05, 0) is 37.5 Å². The number of fused-ring (bicyclic) bond motifs is 1. The highest BCUT2D eigenvalue weighted by Crippen LogP contribution is 2.30. The summed E-state index contributed by atoms with van der Waals surface area (Å²) in [6.45, 7) is 2.51. The maximum absolute atomic E-state index is 12.1. The minimum absolute atomic E-state index is 0.270. The molecule has 4 rings (SSSR count). The molecule has 1 heterocycles. The Bertz CT molecular complexity index is 940. The highest BCUT2D eigenvalue weighted by molar-refractivity contribution is 5.72. The van der Waals surface area contributed by atoms with Crippen LogP contribution in [0, 0.1) is 0 Å². The second-order valence-electron chi connectivity index (χ2n) is 6.85. The van der Waals surface area contributed by atoms with Gasteiger partial charge in [0.05, 0.1) is 12.6 Å². The molecular weight excluding hydrogens is 328 g/mol. The third kappa shape index (κ3) is 3.53. The molecule has 1 aliphatic rings. The third-order valence-corrected chi connectivity index (χ3v) is 5.03. The van der Waals surface area contributed by atoms with Crippen LogP contribution >= 0.6 is 0 Å². The Hall–Kier alpha value is -2.53. The zero-order valence-electron chi connectivity index (χ0n) is 15.1. The summed E-state index contributed by atoms with van der Waals surface area (Å²) in [6.07, 6.45) is 3.42. The van der Waals surface area contributed by atoms with E-state index >= 15 is 0 Å². The second kappa shape index (κ2) is 7.38. The van der Waals surface area contributed by atoms with E-state index in [9.17, 15) is 4.79 Å². The molecule has 2 aromatic carbocycles. The molecule has 1 saturated carbocycles. The normalized spacial score (nSPS) is 14.2. The topological polar surface area (TPSA) is 47.6 Å². The number of hydrogen-bond acceptors (Lipinski definition) is 4. The number of aromatic nitrogens is 1. The van der Waals surface area contributed by atoms with Crippen molar-refractivity contribution in [2.75, 3.05) is 13.7 Å². The number of oxazole rings is 1. The van der Waals surface area contributed by atoms with E-state index in [1.807, 2.05) is 36.4 Å². The first-order valence-electron chi connectivity index (χ1n) is 9.20. The predicted octanol–water partition coefficient (Wildman–Crippen LogP) is 3.66. The van der Waals surface area contributed by atoms with E-state index in [1.165, 1.54) is 18.4 Å². The molecular formula is C21H24N2O3. The van der Waals surface area contributed by atoms with Gasteiger partial charge >= 0.3 is 5.76 Å². The molecule has 0 aliphatic heterocycles. The SMILES string of the molecule is COc1ccccc1CN(CCCn1c(=O)oc2ccccc21)C1CC1. The Labute approximate surface area is 152 Å². The van der Waals surface area contributed by atoms with Gasteiger partial charge in [0, 0.05) is 31.2 Å². The van der Waals surface area contributed by atoms with Gasteiger partial charge in [0.1, 0.15) is 5.75 Å². The molecule has 5 heteroatoms. The van der Waals surface area contributed by atoms with Gasteiger partial charge in [0.25, 0.3) is 0 Å². The highest BCUT2D eigenvalue weighted by atomic mass is 16.5. The number of hydrogen-bond donors (Lipinski definition) is 0. The molecule has 0 atom stereocenters. The van der Waals surface area contributed by atoms with Crippen LogP contribution in [0.3, 0.4) is 0 Å². The molecule has 0 bridgehead atoms. The summed E-state index contributed by atoms with van der Waals surface area (Å²) in [5.41, 5.74) is 2.75. The molecule has 0 saturated heterocycles. The van der Waals surface area contributed by atoms with Crippen molar-refractivity contribution in [2.45, 2.75) is 38.4 Å². The molecule has 1 fully saturated rings. The number of para-hydroxylation sites is 3. The quantitative estimate of drug-likeness (QED) is 0.621. The van der Waals surface area contributed by atoms with Crippen LogP contribution in [0.1, 0.15) is 24.8 Å². The molecule has 3 aromatic rings. The molecule has 136 valence electrons. The van der Waals surface area contributed by atoms with E-state index in [1.54, 1.807) is 11.7 Å². The van der Waals surface area contributed by atoms with Gasteiger partial charge in [-0.1, -0.05) is 30.3 Å². The highest BCUT2D eigenvalue weighted by Gasteiger charge is 2.29. The number of rotatable bonds is 8. The van der Waals surface area contributed by atoms with Crippen molar-refractivity contribution in [3.63, 3.8) is 0 Å². The van der Waals surface area contributed by atoms with Gasteiger partial charge in [0.2, 0.25) is 0 Å². The number of aryl methyl sites for hydroxylation is 1. The van der Waals surface area contributed by atoms with Gasteiger partial charge in [-0.2, -0.15) is 0 Å². The molecule has 26 heavy (non-hydrogen) atoms. The Balaban J connectivity index is 1.43. The Morgan fingerprint density at radius 2 is 1.92 bits per heavy atom. The Morgan fingerprint density at radius 1 is 1.15 bits per heavy atom. The van der Waals surface area contributed by atoms with Crippen molar-refractivity contribution in [3.05, 3.63) is 64.6 Å². The summed E-state index contributed by atoms with van der Waals surface area (Å²) in [4.78, 5) is 14.6. The lowest BCUT2D eigenvalue weighted by Gasteiger charge is -2.23. The minimum atomic E-state index is -0.270. The summed E-state index contributed by atoms with van der Waals surface area (Å²) in [5.74, 6) is 0.670. The molecule has 1 aromatic heterocycles. The van der Waals surface area contributed by atoms with Crippen molar-refractivity contribution in [1.29, 1.82) is 0 Å². The van der Waals surface area contributed by atoms with Crippen LogP contribution in [-0.2, 0) is 13.1 Å². The van der Waals surface area contributed by atoms with E-state index in [4.69, 9.17) is 9.15 Å². The number of benzene rings is 2. The average molecular weight is 352 g/mol. The van der Waals surface area contributed by atoms with Gasteiger partial charge in [-0.25, -0.2) is 4.79 Å². The Morgan fingerprint density at radius 3 is 2.73 bits per heavy atom. The molecule has 0 spiro atoms. The number of ether oxygens (including phenoxy) is 1. The first-order chi connectivity index (χ1) is 12.8. The van der Waals surface area contributed by atoms with Crippen molar-refractivity contribution < 1.29 is 9.15 Å². The van der Waals surface area contributed by atoms with Crippen LogP contribution in [-0.4, -0.2) is 29.2 Å². The molecule has 5 nitrogen and oxygen atoms in total. The van der Waals surface area contributed by atoms with Gasteiger partial charge in [0.15, 0.2) is 5.58 Å². The lowest BCUT2D eigenvalue weighted by molar-refractivity contribution is 0.242. The maximum atomic E-state index is 12.1. The fraction of sp³-hybridized carbons (Fsp3) is 0.381. The molecule has 0 unspecified atom stereocenters. The van der Waals surface area contributed by atoms with E-state index in [0.717, 1.165) is 30.8 Å². The van der Waals surface area contributed by atoms with Crippen LogP contribution in [0.5, 0.6) is 5.75 Å². The first kappa shape index (κ1) is 16.9. The zero-order chi connectivity index (χ0) is 17.9. The first-order valence-corrected chi connectivity index (χ1v) is 9.20. The standard InChI is InChI=1S/C21H24N2O3/c1-25-19-9-4-2-7-16(19)15-22(17-11-12-17)13-6-14-23-18-8-3-5-10-20(18)26-21(23)24/h2-5,7-10,17H,6,11-15H2,1H3. The minimum Gasteiger partial charge on any atom is -0.496 e. The van der Waals surface area contributed by atoms with E-state index in [0.29, 0.717) is 18.2 Å². The average Bonchev–Trinajstić information content (AvgIpc) is 3.46. The van der Waals surface area contributed by atoms with Crippen LogP contribution in [0.4, 0.5) is 0 Å². The van der Waals surface area contributed by atoms with Crippen molar-refractivity contribution in [3.8, 4) is 5.75 Å². The lowest BCUT2D eigenvalue weighted by Crippen LogP contribution is -2.28. The maximum Gasteiger partial charge on any atom is 0.419 e. The van der Waals surface area contributed by atoms with Gasteiger partial charge in [-0.3, -0.25) is 9.47 Å². The summed E-state index contributed by atoms with van der Waals surface area (Å²) in [7, 11) is 1.72. The van der Waals surface area contributed by atoms with Crippen LogP contribution in [0.15, 0.2) is 57.7 Å². The van der Waals surface area contributed by atoms with Crippen LogP contribution in [0.2, 0.25) is 0 Å². The van der Waals surface area contributed by atoms with Crippen molar-refractivity contribution in [1.82, 2.24) is 9.47 Å². The number of nitrogens with zero attached hydrogens (tertiary/aromatic N) is 2. The van der Waals surface area contributed by atoms with Crippen molar-refractivity contribution >= 4 is 11.1 Å². The fourth-order valence-corrected chi connectivity index (χ4v) is 3.54. The van der Waals surface area contributed by atoms with Gasteiger partial charge < -0.3 is 9.15 Å².